The third-order valence-corrected chi connectivity index (χ3v) is 6.95. The molecular formula is C26H21BN4O2S. The second-order valence-electron chi connectivity index (χ2n) is 8.08. The Balaban J connectivity index is 1.19. The number of nitrogens with one attached hydrogen (secondary N) is 1. The fraction of sp³-hybridized carbons (Fsp3) is 0.115. The molecule has 2 atom stereocenters. The van der Waals surface area contributed by atoms with Gasteiger partial charge in [-0.15, -0.1) is 0 Å². The fourth-order valence-corrected chi connectivity index (χ4v) is 5.08. The molecule has 1 saturated heterocycles. The van der Waals surface area contributed by atoms with Gasteiger partial charge in [0.1, 0.15) is 16.9 Å². The number of aromatic amines is 1. The number of hydrogen-bond donors (Lipinski definition) is 1. The van der Waals surface area contributed by atoms with Crippen molar-refractivity contribution in [3.63, 3.8) is 0 Å². The normalized spacial score (nSPS) is 17.9. The zero-order valence-corrected chi connectivity index (χ0v) is 19.1. The molecule has 6 nitrogen and oxygen atoms in total. The van der Waals surface area contributed by atoms with Gasteiger partial charge in [-0.05, 0) is 22.2 Å². The van der Waals surface area contributed by atoms with Gasteiger partial charge in [0.2, 0.25) is 0 Å². The van der Waals surface area contributed by atoms with Gasteiger partial charge in [-0.1, -0.05) is 96.7 Å². The average molecular weight is 464 g/mol. The van der Waals surface area contributed by atoms with Crippen molar-refractivity contribution in [3.05, 3.63) is 114 Å². The van der Waals surface area contributed by atoms with Gasteiger partial charge in [-0.2, -0.15) is 0 Å². The van der Waals surface area contributed by atoms with E-state index < -0.39 is 7.12 Å². The highest BCUT2D eigenvalue weighted by Crippen LogP contribution is 2.41. The molecule has 0 bridgehead atoms. The predicted molar refractivity (Wildman–Crippen MR) is 134 cm³/mol. The summed E-state index contributed by atoms with van der Waals surface area (Å²) in [7, 11) is -0.427. The third kappa shape index (κ3) is 4.23. The molecule has 5 aromatic rings. The van der Waals surface area contributed by atoms with Crippen LogP contribution in [0.4, 0.5) is 0 Å². The summed E-state index contributed by atoms with van der Waals surface area (Å²) in [5.41, 5.74) is 5.98. The first-order chi connectivity index (χ1) is 16.8. The van der Waals surface area contributed by atoms with Gasteiger partial charge in [0.15, 0.2) is 5.65 Å². The Morgan fingerprint density at radius 2 is 1.41 bits per heavy atom. The molecule has 1 aliphatic heterocycles. The van der Waals surface area contributed by atoms with E-state index in [0.717, 1.165) is 32.9 Å². The van der Waals surface area contributed by atoms with Crippen molar-refractivity contribution in [1.82, 2.24) is 19.9 Å². The van der Waals surface area contributed by atoms with Gasteiger partial charge in [0, 0.05) is 5.75 Å². The summed E-state index contributed by atoms with van der Waals surface area (Å²) in [6.45, 7) is 0. The molecular weight excluding hydrogens is 443 g/mol. The molecule has 2 unspecified atom stereocenters. The zero-order valence-electron chi connectivity index (χ0n) is 18.2. The fourth-order valence-electron chi connectivity index (χ4n) is 4.17. The van der Waals surface area contributed by atoms with Crippen molar-refractivity contribution in [2.75, 3.05) is 0 Å². The second kappa shape index (κ2) is 9.42. The molecule has 0 amide bonds. The molecule has 2 aromatic heterocycles. The van der Waals surface area contributed by atoms with Crippen LogP contribution in [0.5, 0.6) is 0 Å². The van der Waals surface area contributed by atoms with Crippen LogP contribution in [-0.2, 0) is 15.1 Å². The number of hydrogen-bond acceptors (Lipinski definition) is 6. The summed E-state index contributed by atoms with van der Waals surface area (Å²) in [4.78, 5) is 15.9. The quantitative estimate of drug-likeness (QED) is 0.220. The second-order valence-corrected chi connectivity index (χ2v) is 9.04. The smallest absolute Gasteiger partial charge is 0.397 e. The topological polar surface area (TPSA) is 72.9 Å². The van der Waals surface area contributed by atoms with Crippen molar-refractivity contribution in [2.24, 2.45) is 0 Å². The maximum absolute atomic E-state index is 6.45. The lowest BCUT2D eigenvalue weighted by molar-refractivity contribution is 0.159. The van der Waals surface area contributed by atoms with Crippen molar-refractivity contribution >= 4 is 35.5 Å². The van der Waals surface area contributed by atoms with E-state index in [9.17, 15) is 0 Å². The Morgan fingerprint density at radius 1 is 0.765 bits per heavy atom. The van der Waals surface area contributed by atoms with Crippen LogP contribution in [0.15, 0.2) is 103 Å². The van der Waals surface area contributed by atoms with E-state index in [1.807, 2.05) is 36.4 Å². The van der Waals surface area contributed by atoms with E-state index in [-0.39, 0.29) is 12.2 Å². The standard InChI is InChI=1S/C26H21BN4O2S/c1-3-7-19(8-4-1)23-24(20-9-5-2-6-10-20)33-27(32-23)21-13-11-18(12-14-21)15-34-26-22-25(29-16-28-22)30-17-31-26/h1-14,16-17,23-24H,15H2,(H,28,29,30,31). The Labute approximate surface area is 201 Å². The minimum absolute atomic E-state index is 0.168. The van der Waals surface area contributed by atoms with E-state index in [0.29, 0.717) is 5.65 Å². The van der Waals surface area contributed by atoms with E-state index in [2.05, 4.69) is 68.5 Å². The molecule has 3 aromatic carbocycles. The van der Waals surface area contributed by atoms with Gasteiger partial charge in [0.05, 0.1) is 18.5 Å². The highest BCUT2D eigenvalue weighted by Gasteiger charge is 2.42. The molecule has 6 rings (SSSR count). The number of imidazole rings is 1. The number of nitrogens with zero attached hydrogens (tertiary/aromatic N) is 3. The monoisotopic (exact) mass is 464 g/mol. The molecule has 1 fully saturated rings. The van der Waals surface area contributed by atoms with Crippen LogP contribution in [0, 0.1) is 0 Å². The number of rotatable bonds is 6. The first-order valence-corrected chi connectivity index (χ1v) is 12.1. The van der Waals surface area contributed by atoms with Crippen LogP contribution in [0.2, 0.25) is 0 Å². The molecule has 166 valence electrons. The first-order valence-electron chi connectivity index (χ1n) is 11.1. The highest BCUT2D eigenvalue weighted by molar-refractivity contribution is 7.98. The van der Waals surface area contributed by atoms with E-state index in [1.165, 1.54) is 5.56 Å². The number of aromatic nitrogens is 4. The summed E-state index contributed by atoms with van der Waals surface area (Å²) < 4.78 is 12.9. The lowest BCUT2D eigenvalue weighted by atomic mass is 9.79. The molecule has 0 spiro atoms. The lowest BCUT2D eigenvalue weighted by Crippen LogP contribution is -2.31. The molecule has 1 aliphatic rings. The summed E-state index contributed by atoms with van der Waals surface area (Å²) in [6, 6.07) is 29.0. The maximum atomic E-state index is 6.45. The number of fused-ring (bicyclic) bond motifs is 1. The first kappa shape index (κ1) is 21.1. The van der Waals surface area contributed by atoms with Gasteiger partial charge in [-0.3, -0.25) is 0 Å². The highest BCUT2D eigenvalue weighted by atomic mass is 32.2. The van der Waals surface area contributed by atoms with Crippen LogP contribution in [0.3, 0.4) is 0 Å². The Kier molecular flexibility index (Phi) is 5.85. The third-order valence-electron chi connectivity index (χ3n) is 5.89. The van der Waals surface area contributed by atoms with Gasteiger partial charge in [0.25, 0.3) is 0 Å². The van der Waals surface area contributed by atoms with E-state index in [4.69, 9.17) is 9.31 Å². The minimum Gasteiger partial charge on any atom is -0.397 e. The zero-order chi connectivity index (χ0) is 22.7. The summed E-state index contributed by atoms with van der Waals surface area (Å²) in [6.07, 6.45) is 2.86. The molecule has 3 heterocycles. The molecule has 0 saturated carbocycles. The summed E-state index contributed by atoms with van der Waals surface area (Å²) >= 11 is 1.66. The van der Waals surface area contributed by atoms with Crippen LogP contribution in [-0.4, -0.2) is 27.1 Å². The molecule has 0 radical (unpaired) electrons. The van der Waals surface area contributed by atoms with Gasteiger partial charge >= 0.3 is 7.12 Å². The summed E-state index contributed by atoms with van der Waals surface area (Å²) in [5, 5.41) is 0.894. The van der Waals surface area contributed by atoms with Crippen molar-refractivity contribution in [1.29, 1.82) is 0 Å². The van der Waals surface area contributed by atoms with E-state index >= 15 is 0 Å². The van der Waals surface area contributed by atoms with Crippen LogP contribution in [0.25, 0.3) is 11.2 Å². The van der Waals surface area contributed by atoms with Crippen LogP contribution in [0.1, 0.15) is 28.9 Å². The maximum Gasteiger partial charge on any atom is 0.494 e. The molecule has 1 N–H and O–H groups in total. The summed E-state index contributed by atoms with van der Waals surface area (Å²) in [5.74, 6) is 0.789. The minimum atomic E-state index is -0.427. The molecule has 8 heteroatoms. The Bertz CT molecular complexity index is 1340. The number of benzene rings is 3. The SMILES string of the molecule is c1ccc(C2OB(c3ccc(CSc4ncnc5nc[nH]c45)cc3)OC2c2ccccc2)cc1. The van der Waals surface area contributed by atoms with Crippen molar-refractivity contribution < 1.29 is 9.31 Å². The largest absolute Gasteiger partial charge is 0.494 e. The van der Waals surface area contributed by atoms with Gasteiger partial charge in [-0.25, -0.2) is 15.0 Å². The van der Waals surface area contributed by atoms with E-state index in [1.54, 1.807) is 24.4 Å². The van der Waals surface area contributed by atoms with Crippen LogP contribution >= 0.6 is 11.8 Å². The van der Waals surface area contributed by atoms with Gasteiger partial charge < -0.3 is 14.3 Å². The van der Waals surface area contributed by atoms with Crippen molar-refractivity contribution in [3.8, 4) is 0 Å². The predicted octanol–water partition coefficient (Wildman–Crippen LogP) is 4.87. The molecule has 0 aliphatic carbocycles. The molecule has 34 heavy (non-hydrogen) atoms. The van der Waals surface area contributed by atoms with Crippen LogP contribution < -0.4 is 5.46 Å². The lowest BCUT2D eigenvalue weighted by Gasteiger charge is -2.19. The number of thioether (sulfide) groups is 1. The Morgan fingerprint density at radius 3 is 2.06 bits per heavy atom. The average Bonchev–Trinajstić information content (AvgIpc) is 3.57. The van der Waals surface area contributed by atoms with Crippen molar-refractivity contribution in [2.45, 2.75) is 23.0 Å². The number of H-pyrrole nitrogens is 1. The Hall–Kier alpha value is -3.46.